The van der Waals surface area contributed by atoms with Gasteiger partial charge in [-0.3, -0.25) is 9.59 Å². The topological polar surface area (TPSA) is 43.0 Å². The normalized spacial score (nSPS) is 15.8. The Morgan fingerprint density at radius 3 is 2.14 bits per heavy atom. The molecular formula is C24H23BrN2O2. The van der Waals surface area contributed by atoms with Crippen LogP contribution >= 0.6 is 0 Å². The zero-order valence-corrected chi connectivity index (χ0v) is 18.0. The molecule has 0 bridgehead atoms. The van der Waals surface area contributed by atoms with E-state index in [1.807, 2.05) is 37.3 Å². The Morgan fingerprint density at radius 1 is 0.897 bits per heavy atom. The van der Waals surface area contributed by atoms with Crippen molar-refractivity contribution in [2.75, 3.05) is 0 Å². The first-order valence-electron chi connectivity index (χ1n) is 10.0. The van der Waals surface area contributed by atoms with Gasteiger partial charge in [-0.25, -0.2) is 9.13 Å². The highest BCUT2D eigenvalue weighted by atomic mass is 79.9. The highest BCUT2D eigenvalue weighted by Gasteiger charge is 2.45. The third kappa shape index (κ3) is 3.08. The van der Waals surface area contributed by atoms with E-state index in [0.29, 0.717) is 35.1 Å². The largest absolute Gasteiger partial charge is 1.00 e. The van der Waals surface area contributed by atoms with E-state index >= 15 is 0 Å². The molecule has 1 heterocycles. The van der Waals surface area contributed by atoms with Crippen LogP contribution in [0.1, 0.15) is 75.2 Å². The lowest BCUT2D eigenvalue weighted by molar-refractivity contribution is -0.695. The quantitative estimate of drug-likeness (QED) is 0.437. The molecule has 1 aromatic heterocycles. The molecule has 0 radical (unpaired) electrons. The zero-order valence-electron chi connectivity index (χ0n) is 16.4. The fraction of sp³-hybridized carbons (Fsp3) is 0.292. The van der Waals surface area contributed by atoms with Crippen LogP contribution < -0.4 is 21.5 Å². The van der Waals surface area contributed by atoms with Gasteiger partial charge in [-0.15, -0.1) is 0 Å². The monoisotopic (exact) mass is 450 g/mol. The number of hydrogen-bond donors (Lipinski definition) is 0. The first-order chi connectivity index (χ1) is 13.7. The van der Waals surface area contributed by atoms with Crippen LogP contribution in [0, 0.1) is 6.92 Å². The summed E-state index contributed by atoms with van der Waals surface area (Å²) in [4.78, 5) is 26.9. The fourth-order valence-electron chi connectivity index (χ4n) is 4.85. The minimum Gasteiger partial charge on any atom is -1.00 e. The molecular weight excluding hydrogens is 428 g/mol. The van der Waals surface area contributed by atoms with Crippen molar-refractivity contribution < 1.29 is 31.1 Å². The molecule has 29 heavy (non-hydrogen) atoms. The van der Waals surface area contributed by atoms with Gasteiger partial charge in [-0.1, -0.05) is 54.6 Å². The summed E-state index contributed by atoms with van der Waals surface area (Å²) in [5.74, 6) is 0.934. The molecule has 2 aliphatic carbocycles. The molecule has 2 aliphatic rings. The predicted octanol–water partition coefficient (Wildman–Crippen LogP) is 1.03. The Morgan fingerprint density at radius 2 is 1.48 bits per heavy atom. The molecule has 5 heteroatoms. The molecule has 0 spiro atoms. The lowest BCUT2D eigenvalue weighted by Crippen LogP contribution is -3.00. The summed E-state index contributed by atoms with van der Waals surface area (Å²) in [7, 11) is 0. The number of carbonyl (C=O) groups is 2. The van der Waals surface area contributed by atoms with Gasteiger partial charge in [0.05, 0.1) is 0 Å². The molecule has 0 aliphatic heterocycles. The van der Waals surface area contributed by atoms with Gasteiger partial charge in [0.15, 0.2) is 0 Å². The molecule has 2 aromatic carbocycles. The number of aromatic nitrogens is 2. The van der Waals surface area contributed by atoms with Crippen molar-refractivity contribution in [2.45, 2.75) is 45.2 Å². The molecule has 0 N–H and O–H groups in total. The van der Waals surface area contributed by atoms with Crippen LogP contribution in [-0.2, 0) is 6.54 Å². The molecule has 5 rings (SSSR count). The van der Waals surface area contributed by atoms with Crippen molar-refractivity contribution in [1.82, 2.24) is 4.57 Å². The molecule has 3 aromatic rings. The van der Waals surface area contributed by atoms with Gasteiger partial charge in [0.25, 0.3) is 5.82 Å². The number of halogens is 1. The van der Waals surface area contributed by atoms with Crippen molar-refractivity contribution in [2.24, 2.45) is 0 Å². The smallest absolute Gasteiger partial charge is 0.254 e. The second-order valence-electron chi connectivity index (χ2n) is 7.83. The summed E-state index contributed by atoms with van der Waals surface area (Å²) in [5, 5.41) is 0. The van der Waals surface area contributed by atoms with E-state index in [2.05, 4.69) is 21.3 Å². The number of fused-ring (bicyclic) bond motifs is 2. The van der Waals surface area contributed by atoms with Gasteiger partial charge in [-0.05, 0) is 31.2 Å². The number of imidazole rings is 1. The average molecular weight is 451 g/mol. The fourth-order valence-corrected chi connectivity index (χ4v) is 4.85. The van der Waals surface area contributed by atoms with Crippen molar-refractivity contribution >= 4 is 11.6 Å². The van der Waals surface area contributed by atoms with Crippen LogP contribution in [0.5, 0.6) is 0 Å². The standard InChI is InChI=1S/C24H23N2O2.BrH/c1-16-25(15-17-9-3-2-4-10-17)21-22(26(16)18-11-5-6-12-18)24(28)20-14-8-7-13-19(20)23(21)27;/h2-4,7-10,13-14,18H,5-6,11-12,15H2,1H3;1H/q+1;/p-1. The van der Waals surface area contributed by atoms with Crippen molar-refractivity contribution in [3.05, 3.63) is 88.5 Å². The van der Waals surface area contributed by atoms with Gasteiger partial charge in [-0.2, -0.15) is 0 Å². The number of nitrogens with zero attached hydrogens (tertiary/aromatic N) is 2. The summed E-state index contributed by atoms with van der Waals surface area (Å²) in [6, 6.07) is 17.7. The minimum absolute atomic E-state index is 0. The first kappa shape index (κ1) is 19.8. The van der Waals surface area contributed by atoms with Gasteiger partial charge < -0.3 is 17.0 Å². The Hall–Kier alpha value is -2.53. The SMILES string of the molecule is Cc1n(C2CCCC2)c2c([n+]1Cc1ccccc1)C(=O)c1ccccc1C2=O.[Br-]. The summed E-state index contributed by atoms with van der Waals surface area (Å²) in [6.45, 7) is 2.64. The second kappa shape index (κ2) is 7.71. The number of ketones is 2. The molecule has 0 unspecified atom stereocenters. The number of hydrogen-bond acceptors (Lipinski definition) is 2. The third-order valence-electron chi connectivity index (χ3n) is 6.19. The van der Waals surface area contributed by atoms with E-state index in [0.717, 1.165) is 24.2 Å². The van der Waals surface area contributed by atoms with E-state index in [4.69, 9.17) is 0 Å². The maximum absolute atomic E-state index is 13.5. The summed E-state index contributed by atoms with van der Waals surface area (Å²) >= 11 is 0. The molecule has 4 nitrogen and oxygen atoms in total. The van der Waals surface area contributed by atoms with Gasteiger partial charge in [0, 0.05) is 18.1 Å². The summed E-state index contributed by atoms with van der Waals surface area (Å²) < 4.78 is 4.22. The van der Waals surface area contributed by atoms with Crippen molar-refractivity contribution in [3.63, 3.8) is 0 Å². The van der Waals surface area contributed by atoms with E-state index in [1.165, 1.54) is 12.8 Å². The van der Waals surface area contributed by atoms with E-state index < -0.39 is 0 Å². The highest BCUT2D eigenvalue weighted by molar-refractivity contribution is 6.26. The maximum Gasteiger partial charge on any atom is 0.254 e. The zero-order chi connectivity index (χ0) is 19.3. The Bertz CT molecular complexity index is 1100. The number of rotatable bonds is 3. The van der Waals surface area contributed by atoms with Crippen molar-refractivity contribution in [1.29, 1.82) is 0 Å². The summed E-state index contributed by atoms with van der Waals surface area (Å²) in [6.07, 6.45) is 4.48. The van der Waals surface area contributed by atoms with Crippen LogP contribution in [-0.4, -0.2) is 16.1 Å². The van der Waals surface area contributed by atoms with Crippen LogP contribution in [0.3, 0.4) is 0 Å². The van der Waals surface area contributed by atoms with E-state index in [1.54, 1.807) is 12.1 Å². The lowest BCUT2D eigenvalue weighted by Gasteiger charge is -2.14. The van der Waals surface area contributed by atoms with Crippen molar-refractivity contribution in [3.8, 4) is 0 Å². The summed E-state index contributed by atoms with van der Waals surface area (Å²) in [5.41, 5.74) is 3.32. The third-order valence-corrected chi connectivity index (χ3v) is 6.19. The first-order valence-corrected chi connectivity index (χ1v) is 10.0. The van der Waals surface area contributed by atoms with Gasteiger partial charge >= 0.3 is 0 Å². The number of benzene rings is 2. The van der Waals surface area contributed by atoms with Gasteiger partial charge in [0.1, 0.15) is 12.6 Å². The lowest BCUT2D eigenvalue weighted by atomic mass is 9.89. The Labute approximate surface area is 181 Å². The molecule has 0 atom stereocenters. The van der Waals surface area contributed by atoms with Crippen LogP contribution in [0.2, 0.25) is 0 Å². The highest BCUT2D eigenvalue weighted by Crippen LogP contribution is 2.35. The maximum atomic E-state index is 13.5. The minimum atomic E-state index is -0.0408. The van der Waals surface area contributed by atoms with Gasteiger partial charge in [0.2, 0.25) is 23.0 Å². The van der Waals surface area contributed by atoms with Crippen LogP contribution in [0.25, 0.3) is 0 Å². The number of carbonyl (C=O) groups excluding carboxylic acids is 2. The second-order valence-corrected chi connectivity index (χ2v) is 7.83. The molecule has 1 saturated carbocycles. The predicted molar refractivity (Wildman–Crippen MR) is 106 cm³/mol. The van der Waals surface area contributed by atoms with E-state index in [9.17, 15) is 9.59 Å². The molecule has 1 fully saturated rings. The van der Waals surface area contributed by atoms with E-state index in [-0.39, 0.29) is 28.5 Å². The van der Waals surface area contributed by atoms with Crippen LogP contribution in [0.4, 0.5) is 0 Å². The average Bonchev–Trinajstić information content (AvgIpc) is 3.34. The molecule has 0 saturated heterocycles. The Kier molecular flexibility index (Phi) is 5.26. The molecule has 148 valence electrons. The van der Waals surface area contributed by atoms with Crippen LogP contribution in [0.15, 0.2) is 54.6 Å². The Balaban J connectivity index is 0.00000205. The molecule has 0 amide bonds.